The fraction of sp³-hybridized carbons (Fsp3) is 0.154. The van der Waals surface area contributed by atoms with E-state index in [-0.39, 0.29) is 5.78 Å². The summed E-state index contributed by atoms with van der Waals surface area (Å²) >= 11 is 0. The number of rotatable bonds is 1. The average Bonchev–Trinajstić information content (AvgIpc) is 2.48. The number of hydrogen-bond donors (Lipinski definition) is 0. The monoisotopic (exact) mass is 184 g/mol. The lowest BCUT2D eigenvalue weighted by Crippen LogP contribution is -1.99. The van der Waals surface area contributed by atoms with Crippen LogP contribution in [0.1, 0.15) is 13.3 Å². The topological polar surface area (TPSA) is 17.1 Å². The minimum Gasteiger partial charge on any atom is -0.295 e. The van der Waals surface area contributed by atoms with Crippen LogP contribution in [0.3, 0.4) is 0 Å². The molecule has 70 valence electrons. The molecule has 0 aromatic rings. The standard InChI is InChI=1S/C13H12O/c1-10(14)13-8-4-6-11-5-2-3-7-12(13)9-11/h2-8H,9H2,1H3. The van der Waals surface area contributed by atoms with Gasteiger partial charge in [0.25, 0.3) is 0 Å². The molecule has 0 saturated carbocycles. The molecule has 0 aliphatic heterocycles. The van der Waals surface area contributed by atoms with Crippen molar-refractivity contribution in [1.82, 2.24) is 0 Å². The highest BCUT2D eigenvalue weighted by atomic mass is 16.1. The molecule has 0 amide bonds. The van der Waals surface area contributed by atoms with Crippen molar-refractivity contribution in [3.8, 4) is 0 Å². The number of hydrogen-bond acceptors (Lipinski definition) is 1. The highest BCUT2D eigenvalue weighted by Crippen LogP contribution is 2.25. The molecule has 2 aliphatic rings. The summed E-state index contributed by atoms with van der Waals surface area (Å²) in [5.41, 5.74) is 3.19. The van der Waals surface area contributed by atoms with Gasteiger partial charge in [-0.25, -0.2) is 0 Å². The Hall–Kier alpha value is -1.63. The Balaban J connectivity index is 2.48. The van der Waals surface area contributed by atoms with Crippen LogP contribution in [0.15, 0.2) is 59.3 Å². The summed E-state index contributed by atoms with van der Waals surface area (Å²) in [6, 6.07) is 0. The van der Waals surface area contributed by atoms with Gasteiger partial charge in [0.05, 0.1) is 0 Å². The van der Waals surface area contributed by atoms with Gasteiger partial charge in [-0.3, -0.25) is 4.79 Å². The van der Waals surface area contributed by atoms with Crippen molar-refractivity contribution >= 4 is 5.78 Å². The molecule has 2 aliphatic carbocycles. The molecule has 0 N–H and O–H groups in total. The molecule has 0 radical (unpaired) electrons. The molecular formula is C13H12O. The first-order chi connectivity index (χ1) is 6.77. The quantitative estimate of drug-likeness (QED) is 0.612. The Bertz CT molecular complexity index is 415. The Labute approximate surface area is 83.8 Å². The molecule has 0 heterocycles. The molecule has 2 rings (SSSR count). The zero-order valence-electron chi connectivity index (χ0n) is 8.16. The van der Waals surface area contributed by atoms with E-state index >= 15 is 0 Å². The summed E-state index contributed by atoms with van der Waals surface area (Å²) in [6.45, 7) is 1.61. The maximum Gasteiger partial charge on any atom is 0.160 e. The summed E-state index contributed by atoms with van der Waals surface area (Å²) < 4.78 is 0. The van der Waals surface area contributed by atoms with E-state index in [9.17, 15) is 4.79 Å². The molecule has 0 saturated heterocycles. The Morgan fingerprint density at radius 1 is 1.14 bits per heavy atom. The lowest BCUT2D eigenvalue weighted by atomic mass is 9.98. The Kier molecular flexibility index (Phi) is 2.32. The van der Waals surface area contributed by atoms with Gasteiger partial charge in [-0.1, -0.05) is 42.5 Å². The normalized spacial score (nSPS) is 19.1. The molecule has 0 unspecified atom stereocenters. The third-order valence-corrected chi connectivity index (χ3v) is 2.41. The van der Waals surface area contributed by atoms with Gasteiger partial charge in [-0.15, -0.1) is 0 Å². The minimum atomic E-state index is 0.137. The van der Waals surface area contributed by atoms with E-state index in [1.54, 1.807) is 6.92 Å². The third-order valence-electron chi connectivity index (χ3n) is 2.41. The highest BCUT2D eigenvalue weighted by molar-refractivity contribution is 5.98. The van der Waals surface area contributed by atoms with Gasteiger partial charge < -0.3 is 0 Å². The summed E-state index contributed by atoms with van der Waals surface area (Å²) in [7, 11) is 0. The van der Waals surface area contributed by atoms with E-state index in [1.807, 2.05) is 30.4 Å². The van der Waals surface area contributed by atoms with Crippen LogP contribution >= 0.6 is 0 Å². The third kappa shape index (κ3) is 1.67. The number of carbonyl (C=O) groups excluding carboxylic acids is 1. The first kappa shape index (κ1) is 8.95. The van der Waals surface area contributed by atoms with Crippen molar-refractivity contribution in [3.63, 3.8) is 0 Å². The summed E-state index contributed by atoms with van der Waals surface area (Å²) in [4.78, 5) is 11.4. The SMILES string of the molecule is CC(=O)C1=CC=CC2=CC=CC=C1C2. The maximum absolute atomic E-state index is 11.4. The maximum atomic E-state index is 11.4. The molecule has 0 atom stereocenters. The lowest BCUT2D eigenvalue weighted by Gasteiger charge is -2.05. The summed E-state index contributed by atoms with van der Waals surface area (Å²) in [5, 5.41) is 0. The molecule has 0 aromatic heterocycles. The number of ketones is 1. The second kappa shape index (κ2) is 3.62. The van der Waals surface area contributed by atoms with Gasteiger partial charge >= 0.3 is 0 Å². The van der Waals surface area contributed by atoms with E-state index < -0.39 is 0 Å². The van der Waals surface area contributed by atoms with E-state index in [2.05, 4.69) is 12.2 Å². The van der Waals surface area contributed by atoms with Crippen molar-refractivity contribution in [2.24, 2.45) is 0 Å². The van der Waals surface area contributed by atoms with Crippen LogP contribution in [-0.2, 0) is 4.79 Å². The van der Waals surface area contributed by atoms with Gasteiger partial charge in [0, 0.05) is 5.57 Å². The van der Waals surface area contributed by atoms with Gasteiger partial charge in [0.2, 0.25) is 0 Å². The molecule has 2 bridgehead atoms. The van der Waals surface area contributed by atoms with Crippen molar-refractivity contribution in [3.05, 3.63) is 59.3 Å². The summed E-state index contributed by atoms with van der Waals surface area (Å²) in [5.74, 6) is 0.137. The van der Waals surface area contributed by atoms with Gasteiger partial charge in [-0.05, 0) is 24.5 Å². The van der Waals surface area contributed by atoms with Crippen molar-refractivity contribution in [2.75, 3.05) is 0 Å². The molecule has 0 fully saturated rings. The zero-order chi connectivity index (χ0) is 9.97. The van der Waals surface area contributed by atoms with Crippen LogP contribution in [-0.4, -0.2) is 5.78 Å². The van der Waals surface area contributed by atoms with E-state index in [0.29, 0.717) is 0 Å². The second-order valence-electron chi connectivity index (χ2n) is 3.49. The van der Waals surface area contributed by atoms with Crippen LogP contribution in [0.5, 0.6) is 0 Å². The second-order valence-corrected chi connectivity index (χ2v) is 3.49. The minimum absolute atomic E-state index is 0.137. The van der Waals surface area contributed by atoms with E-state index in [0.717, 1.165) is 17.6 Å². The first-order valence-electron chi connectivity index (χ1n) is 4.73. The fourth-order valence-corrected chi connectivity index (χ4v) is 1.71. The predicted octanol–water partition coefficient (Wildman–Crippen LogP) is 2.88. The van der Waals surface area contributed by atoms with Crippen LogP contribution in [0, 0.1) is 0 Å². The number of allylic oxidation sites excluding steroid dienone is 10. The average molecular weight is 184 g/mol. The largest absolute Gasteiger partial charge is 0.295 e. The smallest absolute Gasteiger partial charge is 0.160 e. The van der Waals surface area contributed by atoms with Gasteiger partial charge in [-0.2, -0.15) is 0 Å². The molecular weight excluding hydrogens is 172 g/mol. The summed E-state index contributed by atoms with van der Waals surface area (Å²) in [6.07, 6.45) is 14.8. The molecule has 1 nitrogen and oxygen atoms in total. The number of Topliss-reactive ketones (excluding diaryl/α,β-unsaturated/α-hetero) is 1. The first-order valence-corrected chi connectivity index (χ1v) is 4.73. The van der Waals surface area contributed by atoms with E-state index in [1.165, 1.54) is 5.57 Å². The number of carbonyl (C=O) groups is 1. The highest BCUT2D eigenvalue weighted by Gasteiger charge is 2.13. The van der Waals surface area contributed by atoms with Gasteiger partial charge in [0.1, 0.15) is 0 Å². The molecule has 14 heavy (non-hydrogen) atoms. The van der Waals surface area contributed by atoms with Crippen molar-refractivity contribution < 1.29 is 4.79 Å². The zero-order valence-corrected chi connectivity index (χ0v) is 8.16. The predicted molar refractivity (Wildman–Crippen MR) is 57.8 cm³/mol. The van der Waals surface area contributed by atoms with E-state index in [4.69, 9.17) is 0 Å². The Morgan fingerprint density at radius 3 is 2.71 bits per heavy atom. The molecule has 0 spiro atoms. The lowest BCUT2D eigenvalue weighted by molar-refractivity contribution is -0.113. The van der Waals surface area contributed by atoms with Crippen LogP contribution in [0.25, 0.3) is 0 Å². The van der Waals surface area contributed by atoms with Gasteiger partial charge in [0.15, 0.2) is 5.78 Å². The fourth-order valence-electron chi connectivity index (χ4n) is 1.71. The Morgan fingerprint density at radius 2 is 1.93 bits per heavy atom. The van der Waals surface area contributed by atoms with Crippen LogP contribution < -0.4 is 0 Å². The van der Waals surface area contributed by atoms with Crippen molar-refractivity contribution in [1.29, 1.82) is 0 Å². The van der Waals surface area contributed by atoms with Crippen LogP contribution in [0.2, 0.25) is 0 Å². The van der Waals surface area contributed by atoms with Crippen LogP contribution in [0.4, 0.5) is 0 Å². The van der Waals surface area contributed by atoms with Crippen molar-refractivity contribution in [2.45, 2.75) is 13.3 Å². The molecule has 0 aromatic carbocycles. The number of fused-ring (bicyclic) bond motifs is 2. The molecule has 1 heteroatoms.